The minimum absolute atomic E-state index is 0.372. The fourth-order valence-corrected chi connectivity index (χ4v) is 2.86. The van der Waals surface area contributed by atoms with Gasteiger partial charge in [-0.25, -0.2) is 0 Å². The molecule has 0 saturated heterocycles. The highest BCUT2D eigenvalue weighted by Crippen LogP contribution is 2.19. The van der Waals surface area contributed by atoms with E-state index < -0.39 is 10.8 Å². The average Bonchev–Trinajstić information content (AvgIpc) is 2.37. The number of ether oxygens (including phenoxy) is 1. The summed E-state index contributed by atoms with van der Waals surface area (Å²) < 4.78 is 16.4. The summed E-state index contributed by atoms with van der Waals surface area (Å²) in [5, 5.41) is 3.54. The van der Waals surface area contributed by atoms with Crippen molar-refractivity contribution in [1.29, 1.82) is 0 Å². The van der Waals surface area contributed by atoms with E-state index in [2.05, 4.69) is 25.2 Å². The van der Waals surface area contributed by atoms with Crippen LogP contribution in [0.1, 0.15) is 25.8 Å². The number of rotatable bonds is 8. The first-order valence-electron chi connectivity index (χ1n) is 6.71. The fourth-order valence-electron chi connectivity index (χ4n) is 2.17. The molecule has 0 fully saturated rings. The Hall–Kier alpha value is -0.870. The molecule has 0 amide bonds. The first-order chi connectivity index (χ1) is 9.02. The Labute approximate surface area is 119 Å². The molecule has 0 spiro atoms. The Bertz CT molecular complexity index is 409. The molecule has 1 rings (SSSR count). The van der Waals surface area contributed by atoms with Crippen LogP contribution in [0.25, 0.3) is 0 Å². The molecule has 0 heterocycles. The van der Waals surface area contributed by atoms with Gasteiger partial charge in [0.2, 0.25) is 0 Å². The maximum absolute atomic E-state index is 11.1. The summed E-state index contributed by atoms with van der Waals surface area (Å²) in [5.41, 5.74) is 1.22. The largest absolute Gasteiger partial charge is 0.496 e. The molecule has 0 bridgehead atoms. The first kappa shape index (κ1) is 16.2. The van der Waals surface area contributed by atoms with Crippen LogP contribution in [-0.4, -0.2) is 35.4 Å². The highest BCUT2D eigenvalue weighted by atomic mass is 32.2. The van der Waals surface area contributed by atoms with Gasteiger partial charge in [-0.3, -0.25) is 4.21 Å². The van der Waals surface area contributed by atoms with Gasteiger partial charge in [0.15, 0.2) is 0 Å². The van der Waals surface area contributed by atoms with Gasteiger partial charge in [0, 0.05) is 34.9 Å². The van der Waals surface area contributed by atoms with Crippen LogP contribution in [0, 0.1) is 0 Å². The summed E-state index contributed by atoms with van der Waals surface area (Å²) >= 11 is 0. The van der Waals surface area contributed by atoms with Crippen molar-refractivity contribution < 1.29 is 8.95 Å². The molecular weight excluding hydrogens is 258 g/mol. The van der Waals surface area contributed by atoms with Gasteiger partial charge in [-0.1, -0.05) is 18.2 Å². The quantitative estimate of drug-likeness (QED) is 0.796. The lowest BCUT2D eigenvalue weighted by atomic mass is 10.1. The van der Waals surface area contributed by atoms with Crippen LogP contribution in [0.4, 0.5) is 0 Å². The van der Waals surface area contributed by atoms with Crippen molar-refractivity contribution in [3.05, 3.63) is 29.8 Å². The third kappa shape index (κ3) is 6.21. The van der Waals surface area contributed by atoms with Gasteiger partial charge in [-0.2, -0.15) is 0 Å². The van der Waals surface area contributed by atoms with Crippen molar-refractivity contribution in [2.45, 2.75) is 38.8 Å². The lowest BCUT2D eigenvalue weighted by Crippen LogP contribution is -2.36. The number of benzene rings is 1. The molecule has 19 heavy (non-hydrogen) atoms. The van der Waals surface area contributed by atoms with Gasteiger partial charge in [-0.05, 0) is 38.3 Å². The molecule has 0 aliphatic rings. The van der Waals surface area contributed by atoms with E-state index in [0.717, 1.165) is 24.3 Å². The third-order valence-corrected chi connectivity index (χ3v) is 3.94. The van der Waals surface area contributed by atoms with Crippen molar-refractivity contribution in [2.24, 2.45) is 0 Å². The zero-order valence-electron chi connectivity index (χ0n) is 12.3. The molecule has 108 valence electrons. The van der Waals surface area contributed by atoms with Gasteiger partial charge in [0.1, 0.15) is 5.75 Å². The SMILES string of the molecule is COc1ccccc1CC(C)NC(C)CCS(C)=O. The predicted octanol–water partition coefficient (Wildman–Crippen LogP) is 2.37. The summed E-state index contributed by atoms with van der Waals surface area (Å²) in [4.78, 5) is 0. The van der Waals surface area contributed by atoms with Crippen LogP contribution in [0.15, 0.2) is 24.3 Å². The van der Waals surface area contributed by atoms with Crippen molar-refractivity contribution >= 4 is 10.8 Å². The molecule has 0 aliphatic carbocycles. The molecule has 1 aromatic carbocycles. The topological polar surface area (TPSA) is 38.3 Å². The Kier molecular flexibility index (Phi) is 7.10. The van der Waals surface area contributed by atoms with Crippen LogP contribution in [0.2, 0.25) is 0 Å². The number of hydrogen-bond acceptors (Lipinski definition) is 3. The smallest absolute Gasteiger partial charge is 0.122 e. The van der Waals surface area contributed by atoms with E-state index in [9.17, 15) is 4.21 Å². The normalized spacial score (nSPS) is 15.8. The minimum Gasteiger partial charge on any atom is -0.496 e. The van der Waals surface area contributed by atoms with Crippen molar-refractivity contribution in [3.63, 3.8) is 0 Å². The van der Waals surface area contributed by atoms with Gasteiger partial charge < -0.3 is 10.1 Å². The Morgan fingerprint density at radius 1 is 1.26 bits per heavy atom. The second-order valence-electron chi connectivity index (χ2n) is 5.05. The molecular formula is C15H25NO2S. The predicted molar refractivity (Wildman–Crippen MR) is 82.3 cm³/mol. The molecule has 3 atom stereocenters. The van der Waals surface area contributed by atoms with Crippen molar-refractivity contribution in [1.82, 2.24) is 5.32 Å². The molecule has 0 aromatic heterocycles. The number of hydrogen-bond donors (Lipinski definition) is 1. The maximum Gasteiger partial charge on any atom is 0.122 e. The number of nitrogens with one attached hydrogen (secondary N) is 1. The molecule has 0 aliphatic heterocycles. The van der Waals surface area contributed by atoms with Gasteiger partial charge >= 0.3 is 0 Å². The summed E-state index contributed by atoms with van der Waals surface area (Å²) in [6, 6.07) is 8.87. The van der Waals surface area contributed by atoms with E-state index in [1.54, 1.807) is 13.4 Å². The van der Waals surface area contributed by atoms with Gasteiger partial charge in [0.05, 0.1) is 7.11 Å². The summed E-state index contributed by atoms with van der Waals surface area (Å²) in [6.45, 7) is 4.32. The third-order valence-electron chi connectivity index (χ3n) is 3.13. The standard InChI is InChI=1S/C15H25NO2S/c1-12(9-10-19(4)17)16-13(2)11-14-7-5-6-8-15(14)18-3/h5-8,12-13,16H,9-11H2,1-4H3. The average molecular weight is 283 g/mol. The lowest BCUT2D eigenvalue weighted by molar-refractivity contribution is 0.401. The summed E-state index contributed by atoms with van der Waals surface area (Å²) in [7, 11) is 1.00. The van der Waals surface area contributed by atoms with E-state index >= 15 is 0 Å². The molecule has 0 radical (unpaired) electrons. The van der Waals surface area contributed by atoms with E-state index in [0.29, 0.717) is 12.1 Å². The van der Waals surface area contributed by atoms with Crippen molar-refractivity contribution in [3.8, 4) is 5.75 Å². The highest BCUT2D eigenvalue weighted by molar-refractivity contribution is 7.84. The summed E-state index contributed by atoms with van der Waals surface area (Å²) in [5.74, 6) is 1.70. The van der Waals surface area contributed by atoms with Crippen LogP contribution in [0.3, 0.4) is 0 Å². The molecule has 1 N–H and O–H groups in total. The molecule has 1 aromatic rings. The van der Waals surface area contributed by atoms with E-state index in [1.165, 1.54) is 5.56 Å². The molecule has 0 saturated carbocycles. The Balaban J connectivity index is 2.46. The Morgan fingerprint density at radius 3 is 2.58 bits per heavy atom. The van der Waals surface area contributed by atoms with Gasteiger partial charge in [0.25, 0.3) is 0 Å². The molecule has 3 unspecified atom stereocenters. The molecule has 3 nitrogen and oxygen atoms in total. The maximum atomic E-state index is 11.1. The zero-order valence-corrected chi connectivity index (χ0v) is 13.1. The first-order valence-corrected chi connectivity index (χ1v) is 8.43. The summed E-state index contributed by atoms with van der Waals surface area (Å²) in [6.07, 6.45) is 3.63. The van der Waals surface area contributed by atoms with E-state index in [1.807, 2.05) is 18.2 Å². The second-order valence-corrected chi connectivity index (χ2v) is 6.61. The Morgan fingerprint density at radius 2 is 1.95 bits per heavy atom. The monoisotopic (exact) mass is 283 g/mol. The van der Waals surface area contributed by atoms with Crippen LogP contribution >= 0.6 is 0 Å². The van der Waals surface area contributed by atoms with Crippen LogP contribution in [-0.2, 0) is 17.2 Å². The minimum atomic E-state index is -0.704. The van der Waals surface area contributed by atoms with Crippen molar-refractivity contribution in [2.75, 3.05) is 19.1 Å². The van der Waals surface area contributed by atoms with Crippen LogP contribution < -0.4 is 10.1 Å². The highest BCUT2D eigenvalue weighted by Gasteiger charge is 2.11. The van der Waals surface area contributed by atoms with E-state index in [-0.39, 0.29) is 0 Å². The van der Waals surface area contributed by atoms with Gasteiger partial charge in [-0.15, -0.1) is 0 Å². The molecule has 4 heteroatoms. The zero-order chi connectivity index (χ0) is 14.3. The lowest BCUT2D eigenvalue weighted by Gasteiger charge is -2.20. The van der Waals surface area contributed by atoms with E-state index in [4.69, 9.17) is 4.74 Å². The fraction of sp³-hybridized carbons (Fsp3) is 0.600. The second kappa shape index (κ2) is 8.33. The number of para-hydroxylation sites is 1. The number of methoxy groups -OCH3 is 1. The van der Waals surface area contributed by atoms with Crippen LogP contribution in [0.5, 0.6) is 5.75 Å².